The van der Waals surface area contributed by atoms with E-state index in [0.29, 0.717) is 6.79 Å². The summed E-state index contributed by atoms with van der Waals surface area (Å²) in [6.07, 6.45) is 0.918. The highest BCUT2D eigenvalue weighted by Gasteiger charge is 2.13. The van der Waals surface area contributed by atoms with E-state index in [2.05, 4.69) is 5.32 Å². The first kappa shape index (κ1) is 11.2. The minimum atomic E-state index is 0.158. The molecule has 4 heteroatoms. The Labute approximate surface area is 95.2 Å². The maximum atomic E-state index is 9.05. The molecule has 1 unspecified atom stereocenters. The molecule has 1 aromatic rings. The van der Waals surface area contributed by atoms with Gasteiger partial charge in [-0.05, 0) is 24.1 Å². The number of ether oxygens (including phenoxy) is 2. The fourth-order valence-corrected chi connectivity index (χ4v) is 1.65. The van der Waals surface area contributed by atoms with Crippen LogP contribution in [0.15, 0.2) is 18.2 Å². The Morgan fingerprint density at radius 2 is 2.19 bits per heavy atom. The topological polar surface area (TPSA) is 50.7 Å². The van der Waals surface area contributed by atoms with Crippen LogP contribution in [0.4, 0.5) is 0 Å². The summed E-state index contributed by atoms with van der Waals surface area (Å²) in [5.41, 5.74) is 1.14. The summed E-state index contributed by atoms with van der Waals surface area (Å²) in [5.74, 6) is 1.61. The Kier molecular flexibility index (Phi) is 3.64. The summed E-state index contributed by atoms with van der Waals surface area (Å²) in [4.78, 5) is 0. The van der Waals surface area contributed by atoms with E-state index >= 15 is 0 Å². The first-order chi connectivity index (χ1) is 7.83. The average molecular weight is 223 g/mol. The van der Waals surface area contributed by atoms with Crippen molar-refractivity contribution < 1.29 is 14.6 Å². The Bertz CT molecular complexity index is 350. The standard InChI is InChI=1S/C12H17NO3/c1-2-10(7-14)13-6-9-3-4-11-12(5-9)16-8-15-11/h3-5,10,13-14H,2,6-8H2,1H3. The molecule has 0 aromatic heterocycles. The second kappa shape index (κ2) is 5.18. The molecule has 0 bridgehead atoms. The average Bonchev–Trinajstić information content (AvgIpc) is 2.77. The molecule has 1 aliphatic heterocycles. The van der Waals surface area contributed by atoms with E-state index < -0.39 is 0 Å². The third-order valence-electron chi connectivity index (χ3n) is 2.75. The molecule has 0 spiro atoms. The molecular formula is C12H17NO3. The van der Waals surface area contributed by atoms with Crippen LogP contribution < -0.4 is 14.8 Å². The van der Waals surface area contributed by atoms with E-state index in [1.807, 2.05) is 25.1 Å². The fourth-order valence-electron chi connectivity index (χ4n) is 1.65. The minimum Gasteiger partial charge on any atom is -0.454 e. The van der Waals surface area contributed by atoms with Crippen LogP contribution in [-0.2, 0) is 6.54 Å². The fraction of sp³-hybridized carbons (Fsp3) is 0.500. The van der Waals surface area contributed by atoms with Gasteiger partial charge >= 0.3 is 0 Å². The van der Waals surface area contributed by atoms with Crippen molar-refractivity contribution in [3.8, 4) is 11.5 Å². The highest BCUT2D eigenvalue weighted by atomic mass is 16.7. The number of hydrogen-bond donors (Lipinski definition) is 2. The van der Waals surface area contributed by atoms with Crippen molar-refractivity contribution in [3.05, 3.63) is 23.8 Å². The Morgan fingerprint density at radius 3 is 2.94 bits per heavy atom. The molecule has 2 N–H and O–H groups in total. The van der Waals surface area contributed by atoms with Crippen molar-refractivity contribution in [3.63, 3.8) is 0 Å². The summed E-state index contributed by atoms with van der Waals surface area (Å²) in [5, 5.41) is 12.3. The molecule has 0 aliphatic carbocycles. The van der Waals surface area contributed by atoms with Gasteiger partial charge in [0.05, 0.1) is 6.61 Å². The molecule has 88 valence electrons. The first-order valence-electron chi connectivity index (χ1n) is 5.56. The largest absolute Gasteiger partial charge is 0.454 e. The van der Waals surface area contributed by atoms with Gasteiger partial charge < -0.3 is 19.9 Å². The predicted octanol–water partition coefficient (Wildman–Crippen LogP) is 1.28. The van der Waals surface area contributed by atoms with Gasteiger partial charge in [0.25, 0.3) is 0 Å². The molecule has 4 nitrogen and oxygen atoms in total. The van der Waals surface area contributed by atoms with Gasteiger partial charge in [0.15, 0.2) is 11.5 Å². The van der Waals surface area contributed by atoms with Crippen LogP contribution in [0, 0.1) is 0 Å². The van der Waals surface area contributed by atoms with Crippen molar-refractivity contribution >= 4 is 0 Å². The highest BCUT2D eigenvalue weighted by molar-refractivity contribution is 5.44. The SMILES string of the molecule is CCC(CO)NCc1ccc2c(c1)OCO2. The van der Waals surface area contributed by atoms with Crippen LogP contribution in [0.2, 0.25) is 0 Å². The highest BCUT2D eigenvalue weighted by Crippen LogP contribution is 2.32. The normalized spacial score (nSPS) is 15.1. The van der Waals surface area contributed by atoms with Crippen molar-refractivity contribution in [2.45, 2.75) is 25.9 Å². The smallest absolute Gasteiger partial charge is 0.231 e. The molecule has 1 aromatic carbocycles. The van der Waals surface area contributed by atoms with Crippen molar-refractivity contribution in [1.82, 2.24) is 5.32 Å². The monoisotopic (exact) mass is 223 g/mol. The summed E-state index contributed by atoms with van der Waals surface area (Å²) in [7, 11) is 0. The molecule has 1 aliphatic rings. The third kappa shape index (κ3) is 2.46. The Hall–Kier alpha value is -1.26. The van der Waals surface area contributed by atoms with Crippen LogP contribution in [0.3, 0.4) is 0 Å². The number of benzene rings is 1. The number of aliphatic hydroxyl groups excluding tert-OH is 1. The molecule has 0 saturated heterocycles. The number of hydrogen-bond acceptors (Lipinski definition) is 4. The molecular weight excluding hydrogens is 206 g/mol. The summed E-state index contributed by atoms with van der Waals surface area (Å²) in [6.45, 7) is 3.25. The lowest BCUT2D eigenvalue weighted by molar-refractivity contribution is 0.174. The second-order valence-electron chi connectivity index (χ2n) is 3.86. The molecule has 0 fully saturated rings. The zero-order chi connectivity index (χ0) is 11.4. The van der Waals surface area contributed by atoms with Gasteiger partial charge in [0.2, 0.25) is 6.79 Å². The van der Waals surface area contributed by atoms with Crippen molar-refractivity contribution in [1.29, 1.82) is 0 Å². The minimum absolute atomic E-state index is 0.158. The zero-order valence-electron chi connectivity index (χ0n) is 9.40. The van der Waals surface area contributed by atoms with Crippen LogP contribution in [0.5, 0.6) is 11.5 Å². The van der Waals surface area contributed by atoms with Crippen molar-refractivity contribution in [2.75, 3.05) is 13.4 Å². The molecule has 16 heavy (non-hydrogen) atoms. The van der Waals surface area contributed by atoms with Gasteiger partial charge in [-0.3, -0.25) is 0 Å². The van der Waals surface area contributed by atoms with Crippen molar-refractivity contribution in [2.24, 2.45) is 0 Å². The molecule has 1 atom stereocenters. The van der Waals surface area contributed by atoms with Gasteiger partial charge in [0.1, 0.15) is 0 Å². The van der Waals surface area contributed by atoms with Gasteiger partial charge in [0, 0.05) is 12.6 Å². The van der Waals surface area contributed by atoms with E-state index in [1.54, 1.807) is 0 Å². The van der Waals surface area contributed by atoms with Gasteiger partial charge in [-0.15, -0.1) is 0 Å². The maximum absolute atomic E-state index is 9.05. The molecule has 2 rings (SSSR count). The van der Waals surface area contributed by atoms with Gasteiger partial charge in [-0.1, -0.05) is 13.0 Å². The Morgan fingerprint density at radius 1 is 1.38 bits per heavy atom. The van der Waals surface area contributed by atoms with Crippen LogP contribution >= 0.6 is 0 Å². The number of rotatable bonds is 5. The summed E-state index contributed by atoms with van der Waals surface area (Å²) in [6, 6.07) is 6.05. The molecule has 0 amide bonds. The first-order valence-corrected chi connectivity index (χ1v) is 5.56. The van der Waals surface area contributed by atoms with Crippen LogP contribution in [-0.4, -0.2) is 24.5 Å². The Balaban J connectivity index is 1.95. The molecule has 0 saturated carbocycles. The number of nitrogens with one attached hydrogen (secondary N) is 1. The third-order valence-corrected chi connectivity index (χ3v) is 2.75. The zero-order valence-corrected chi connectivity index (χ0v) is 9.40. The maximum Gasteiger partial charge on any atom is 0.231 e. The molecule has 1 heterocycles. The predicted molar refractivity (Wildman–Crippen MR) is 60.6 cm³/mol. The lowest BCUT2D eigenvalue weighted by atomic mass is 10.1. The van der Waals surface area contributed by atoms with E-state index in [-0.39, 0.29) is 12.6 Å². The van der Waals surface area contributed by atoms with Crippen LogP contribution in [0.25, 0.3) is 0 Å². The number of fused-ring (bicyclic) bond motifs is 1. The summed E-state index contributed by atoms with van der Waals surface area (Å²) >= 11 is 0. The quantitative estimate of drug-likeness (QED) is 0.789. The lowest BCUT2D eigenvalue weighted by Crippen LogP contribution is -2.31. The van der Waals surface area contributed by atoms with E-state index in [9.17, 15) is 0 Å². The van der Waals surface area contributed by atoms with E-state index in [4.69, 9.17) is 14.6 Å². The van der Waals surface area contributed by atoms with Gasteiger partial charge in [-0.25, -0.2) is 0 Å². The summed E-state index contributed by atoms with van der Waals surface area (Å²) < 4.78 is 10.5. The lowest BCUT2D eigenvalue weighted by Gasteiger charge is -2.13. The van der Waals surface area contributed by atoms with E-state index in [0.717, 1.165) is 30.0 Å². The van der Waals surface area contributed by atoms with Crippen LogP contribution in [0.1, 0.15) is 18.9 Å². The number of aliphatic hydroxyl groups is 1. The van der Waals surface area contributed by atoms with Gasteiger partial charge in [-0.2, -0.15) is 0 Å². The van der Waals surface area contributed by atoms with E-state index in [1.165, 1.54) is 0 Å². The molecule has 0 radical (unpaired) electrons. The second-order valence-corrected chi connectivity index (χ2v) is 3.86.